The molecule has 1 atom stereocenters. The summed E-state index contributed by atoms with van der Waals surface area (Å²) in [6, 6.07) is 0. The molecule has 6 nitrogen and oxygen atoms in total. The third-order valence-corrected chi connectivity index (χ3v) is 2.85. The summed E-state index contributed by atoms with van der Waals surface area (Å²) >= 11 is 5.27. The molecule has 1 aliphatic rings. The van der Waals surface area contributed by atoms with Crippen LogP contribution >= 0.6 is 11.6 Å². The first-order chi connectivity index (χ1) is 8.94. The molecule has 7 heteroatoms. The SMILES string of the molecule is C=CC(=O)O.CCC(CO)(CO)CO.ClCC1CO1. The van der Waals surface area contributed by atoms with Crippen LogP contribution in [0.3, 0.4) is 0 Å². The van der Waals surface area contributed by atoms with Crippen molar-refractivity contribution >= 4 is 17.6 Å². The molecule has 114 valence electrons. The third kappa shape index (κ3) is 12.1. The smallest absolute Gasteiger partial charge is 0.327 e. The number of aliphatic hydroxyl groups excluding tert-OH is 3. The number of carboxylic acids is 1. The first-order valence-corrected chi connectivity index (χ1v) is 6.34. The van der Waals surface area contributed by atoms with E-state index >= 15 is 0 Å². The van der Waals surface area contributed by atoms with Crippen molar-refractivity contribution in [3.8, 4) is 0 Å². The van der Waals surface area contributed by atoms with Crippen molar-refractivity contribution in [2.75, 3.05) is 32.3 Å². The van der Waals surface area contributed by atoms with E-state index in [2.05, 4.69) is 6.58 Å². The number of alkyl halides is 1. The van der Waals surface area contributed by atoms with Gasteiger partial charge in [-0.15, -0.1) is 11.6 Å². The number of hydrogen-bond donors (Lipinski definition) is 4. The van der Waals surface area contributed by atoms with Crippen LogP contribution in [0.25, 0.3) is 0 Å². The van der Waals surface area contributed by atoms with Gasteiger partial charge < -0.3 is 25.2 Å². The molecule has 1 aliphatic heterocycles. The van der Waals surface area contributed by atoms with E-state index in [0.29, 0.717) is 18.4 Å². The lowest BCUT2D eigenvalue weighted by molar-refractivity contribution is -0.131. The van der Waals surface area contributed by atoms with Gasteiger partial charge in [-0.25, -0.2) is 4.79 Å². The summed E-state index contributed by atoms with van der Waals surface area (Å²) in [6.45, 7) is 5.19. The second kappa shape index (κ2) is 12.4. The first kappa shape index (κ1) is 20.7. The summed E-state index contributed by atoms with van der Waals surface area (Å²) in [5, 5.41) is 33.6. The molecule has 0 amide bonds. The Morgan fingerprint density at radius 1 is 1.42 bits per heavy atom. The Labute approximate surface area is 118 Å². The maximum absolute atomic E-state index is 9.25. The van der Waals surface area contributed by atoms with E-state index in [1.807, 2.05) is 6.92 Å². The van der Waals surface area contributed by atoms with Crippen LogP contribution in [0.4, 0.5) is 0 Å². The quantitative estimate of drug-likeness (QED) is 0.318. The highest BCUT2D eigenvalue weighted by Crippen LogP contribution is 2.18. The lowest BCUT2D eigenvalue weighted by Gasteiger charge is -2.24. The predicted molar refractivity (Wildman–Crippen MR) is 72.3 cm³/mol. The standard InChI is InChI=1S/C6H14O3.C3H5ClO.C3H4O2/c1-2-6(3-7,4-8)5-9;4-1-3-2-5-3;1-2-3(4)5/h7-9H,2-5H2,1H3;3H,1-2H2;2H,1H2,(H,4,5). The predicted octanol–water partition coefficient (Wildman–Crippen LogP) is 0.241. The topological polar surface area (TPSA) is 111 Å². The average Bonchev–Trinajstić information content (AvgIpc) is 3.27. The van der Waals surface area contributed by atoms with E-state index in [4.69, 9.17) is 36.8 Å². The fraction of sp³-hybridized carbons (Fsp3) is 0.750. The molecule has 0 bridgehead atoms. The molecule has 0 aromatic carbocycles. The van der Waals surface area contributed by atoms with Crippen molar-refractivity contribution in [3.63, 3.8) is 0 Å². The molecule has 0 radical (unpaired) electrons. The highest BCUT2D eigenvalue weighted by molar-refractivity contribution is 6.18. The van der Waals surface area contributed by atoms with Crippen LogP contribution in [-0.2, 0) is 9.53 Å². The molecule has 4 N–H and O–H groups in total. The number of aliphatic hydroxyl groups is 3. The summed E-state index contributed by atoms with van der Waals surface area (Å²) in [5.74, 6) is -0.315. The molecular weight excluding hydrogens is 276 g/mol. The minimum absolute atomic E-state index is 0.156. The van der Waals surface area contributed by atoms with Gasteiger partial charge in [0.2, 0.25) is 0 Å². The molecule has 1 fully saturated rings. The van der Waals surface area contributed by atoms with E-state index in [9.17, 15) is 4.79 Å². The van der Waals surface area contributed by atoms with Gasteiger partial charge >= 0.3 is 5.97 Å². The van der Waals surface area contributed by atoms with E-state index in [-0.39, 0.29) is 19.8 Å². The zero-order valence-corrected chi connectivity index (χ0v) is 11.8. The summed E-state index contributed by atoms with van der Waals surface area (Å²) in [5.41, 5.74) is -0.667. The number of halogens is 1. The number of ether oxygens (including phenoxy) is 1. The van der Waals surface area contributed by atoms with Gasteiger partial charge in [-0.3, -0.25) is 0 Å². The number of carbonyl (C=O) groups is 1. The average molecular weight is 299 g/mol. The molecule has 1 rings (SSSR count). The molecule has 19 heavy (non-hydrogen) atoms. The number of rotatable bonds is 6. The van der Waals surface area contributed by atoms with Gasteiger partial charge in [-0.05, 0) is 6.42 Å². The molecule has 1 heterocycles. The molecular formula is C12H23ClO6. The van der Waals surface area contributed by atoms with Crippen molar-refractivity contribution in [2.45, 2.75) is 19.4 Å². The maximum atomic E-state index is 9.25. The Kier molecular flexibility index (Phi) is 13.5. The Morgan fingerprint density at radius 2 is 1.79 bits per heavy atom. The Bertz CT molecular complexity index is 221. The minimum atomic E-state index is -0.981. The van der Waals surface area contributed by atoms with Gasteiger partial charge in [0.1, 0.15) is 0 Å². The van der Waals surface area contributed by atoms with Gasteiger partial charge in [-0.1, -0.05) is 13.5 Å². The van der Waals surface area contributed by atoms with E-state index in [1.54, 1.807) is 0 Å². The van der Waals surface area contributed by atoms with Crippen molar-refractivity contribution in [1.82, 2.24) is 0 Å². The summed E-state index contributed by atoms with van der Waals surface area (Å²) in [7, 11) is 0. The van der Waals surface area contributed by atoms with Crippen LogP contribution in [0.15, 0.2) is 12.7 Å². The van der Waals surface area contributed by atoms with Gasteiger partial charge in [0.05, 0.1) is 38.4 Å². The molecule has 0 aromatic rings. The molecule has 0 aromatic heterocycles. The lowest BCUT2D eigenvalue weighted by atomic mass is 9.88. The number of hydrogen-bond acceptors (Lipinski definition) is 5. The number of epoxide rings is 1. The van der Waals surface area contributed by atoms with Gasteiger partial charge in [0.25, 0.3) is 0 Å². The van der Waals surface area contributed by atoms with Gasteiger partial charge in [0.15, 0.2) is 0 Å². The van der Waals surface area contributed by atoms with Crippen LogP contribution in [0.5, 0.6) is 0 Å². The fourth-order valence-electron chi connectivity index (χ4n) is 0.643. The summed E-state index contributed by atoms with van der Waals surface area (Å²) in [4.78, 5) is 9.25. The Morgan fingerprint density at radius 3 is 1.79 bits per heavy atom. The first-order valence-electron chi connectivity index (χ1n) is 5.80. The van der Waals surface area contributed by atoms with Crippen molar-refractivity contribution < 1.29 is 30.0 Å². The van der Waals surface area contributed by atoms with E-state index < -0.39 is 11.4 Å². The second-order valence-corrected chi connectivity index (χ2v) is 4.29. The van der Waals surface area contributed by atoms with Crippen molar-refractivity contribution in [2.24, 2.45) is 5.41 Å². The normalized spacial score (nSPS) is 16.4. The Balaban J connectivity index is 0. The molecule has 1 unspecified atom stereocenters. The second-order valence-electron chi connectivity index (χ2n) is 3.98. The Hall–Kier alpha value is -0.660. The number of carboxylic acid groups (broad SMARTS) is 1. The largest absolute Gasteiger partial charge is 0.478 e. The van der Waals surface area contributed by atoms with Crippen LogP contribution in [0.1, 0.15) is 13.3 Å². The van der Waals surface area contributed by atoms with E-state index in [0.717, 1.165) is 12.7 Å². The maximum Gasteiger partial charge on any atom is 0.327 e. The zero-order chi connectivity index (χ0) is 15.3. The lowest BCUT2D eigenvalue weighted by Crippen LogP contribution is -2.32. The number of aliphatic carboxylic acids is 1. The zero-order valence-electron chi connectivity index (χ0n) is 11.1. The summed E-state index contributed by atoms with van der Waals surface area (Å²) in [6.07, 6.45) is 1.83. The van der Waals surface area contributed by atoms with Crippen LogP contribution in [-0.4, -0.2) is 64.8 Å². The van der Waals surface area contributed by atoms with Gasteiger partial charge in [0, 0.05) is 11.5 Å². The van der Waals surface area contributed by atoms with Gasteiger partial charge in [-0.2, -0.15) is 0 Å². The van der Waals surface area contributed by atoms with Crippen LogP contribution < -0.4 is 0 Å². The van der Waals surface area contributed by atoms with Crippen molar-refractivity contribution in [1.29, 1.82) is 0 Å². The third-order valence-electron chi connectivity index (χ3n) is 2.51. The monoisotopic (exact) mass is 298 g/mol. The fourth-order valence-corrected chi connectivity index (χ4v) is 0.821. The summed E-state index contributed by atoms with van der Waals surface area (Å²) < 4.78 is 4.73. The molecule has 0 spiro atoms. The molecule has 1 saturated heterocycles. The molecule has 0 aliphatic carbocycles. The highest BCUT2D eigenvalue weighted by Gasteiger charge is 2.24. The highest BCUT2D eigenvalue weighted by atomic mass is 35.5. The van der Waals surface area contributed by atoms with Crippen LogP contribution in [0.2, 0.25) is 0 Å². The van der Waals surface area contributed by atoms with E-state index in [1.165, 1.54) is 0 Å². The molecule has 0 saturated carbocycles. The van der Waals surface area contributed by atoms with Crippen molar-refractivity contribution in [3.05, 3.63) is 12.7 Å². The van der Waals surface area contributed by atoms with Crippen LogP contribution in [0, 0.1) is 5.41 Å². The minimum Gasteiger partial charge on any atom is -0.478 e.